The normalized spacial score (nSPS) is 18.0. The monoisotopic (exact) mass is 320 g/mol. The van der Waals surface area contributed by atoms with Crippen LogP contribution in [0.25, 0.3) is 0 Å². The summed E-state index contributed by atoms with van der Waals surface area (Å²) in [7, 11) is 3.51. The number of carbonyl (C=O) groups excluding carboxylic acids is 1. The van der Waals surface area contributed by atoms with E-state index >= 15 is 0 Å². The molecule has 0 radical (unpaired) electrons. The largest absolute Gasteiger partial charge is 0.481 e. The molecule has 118 valence electrons. The van der Waals surface area contributed by atoms with Gasteiger partial charge in [-0.1, -0.05) is 0 Å². The number of hydrogen-bond donors (Lipinski definition) is 0. The topological polar surface area (TPSA) is 60.2 Å². The van der Waals surface area contributed by atoms with E-state index < -0.39 is 0 Å². The van der Waals surface area contributed by atoms with E-state index in [4.69, 9.17) is 4.74 Å². The number of ether oxygens (including phenoxy) is 1. The Morgan fingerprint density at radius 1 is 1.41 bits per heavy atom. The molecule has 3 heterocycles. The third-order valence-corrected chi connectivity index (χ3v) is 5.11. The molecule has 0 saturated carbocycles. The Morgan fingerprint density at radius 2 is 2.18 bits per heavy atom. The van der Waals surface area contributed by atoms with E-state index in [0.29, 0.717) is 0 Å². The molecule has 0 unspecified atom stereocenters. The summed E-state index contributed by atoms with van der Waals surface area (Å²) in [6, 6.07) is 0.0256. The van der Waals surface area contributed by atoms with Crippen molar-refractivity contribution in [1.82, 2.24) is 19.7 Å². The summed E-state index contributed by atoms with van der Waals surface area (Å²) in [5.74, 6) is 0.802. The molecule has 6 nitrogen and oxygen atoms in total. The second-order valence-electron chi connectivity index (χ2n) is 5.56. The van der Waals surface area contributed by atoms with Crippen molar-refractivity contribution in [2.45, 2.75) is 32.7 Å². The summed E-state index contributed by atoms with van der Waals surface area (Å²) in [5.41, 5.74) is 4.47. The van der Waals surface area contributed by atoms with Crippen LogP contribution in [-0.2, 0) is 7.05 Å². The number of aryl methyl sites for hydroxylation is 3. The lowest BCUT2D eigenvalue weighted by Gasteiger charge is -2.25. The Balaban J connectivity index is 1.98. The van der Waals surface area contributed by atoms with Crippen LogP contribution in [0.3, 0.4) is 0 Å². The molecule has 3 rings (SSSR count). The van der Waals surface area contributed by atoms with Gasteiger partial charge in [-0.05, 0) is 26.7 Å². The van der Waals surface area contributed by atoms with Gasteiger partial charge < -0.3 is 9.64 Å². The molecule has 1 amide bonds. The number of methoxy groups -OCH3 is 1. The summed E-state index contributed by atoms with van der Waals surface area (Å²) >= 11 is 1.41. The van der Waals surface area contributed by atoms with Gasteiger partial charge in [0.15, 0.2) is 0 Å². The first-order valence-corrected chi connectivity index (χ1v) is 8.21. The van der Waals surface area contributed by atoms with Gasteiger partial charge in [-0.25, -0.2) is 9.67 Å². The number of rotatable bonds is 3. The predicted molar refractivity (Wildman–Crippen MR) is 84.4 cm³/mol. The number of nitrogens with zero attached hydrogens (tertiary/aromatic N) is 4. The van der Waals surface area contributed by atoms with Crippen LogP contribution in [0.2, 0.25) is 0 Å². The summed E-state index contributed by atoms with van der Waals surface area (Å²) in [5, 5.41) is 4.44. The van der Waals surface area contributed by atoms with Gasteiger partial charge in [0, 0.05) is 13.6 Å². The highest BCUT2D eigenvalue weighted by Gasteiger charge is 2.36. The molecule has 1 aliphatic heterocycles. The minimum absolute atomic E-state index is 0.0256. The Labute approximate surface area is 133 Å². The third kappa shape index (κ3) is 2.29. The quantitative estimate of drug-likeness (QED) is 0.872. The second kappa shape index (κ2) is 5.72. The number of amides is 1. The van der Waals surface area contributed by atoms with Gasteiger partial charge in [-0.2, -0.15) is 5.10 Å². The lowest BCUT2D eigenvalue weighted by Crippen LogP contribution is -2.30. The number of hydrogen-bond acceptors (Lipinski definition) is 5. The summed E-state index contributed by atoms with van der Waals surface area (Å²) in [6.07, 6.45) is 1.93. The second-order valence-corrected chi connectivity index (χ2v) is 6.41. The maximum Gasteiger partial charge on any atom is 0.266 e. The molecule has 0 spiro atoms. The van der Waals surface area contributed by atoms with E-state index in [1.807, 2.05) is 25.8 Å². The van der Waals surface area contributed by atoms with E-state index in [9.17, 15) is 4.79 Å². The molecular formula is C15H20N4O2S. The molecule has 0 aromatic carbocycles. The van der Waals surface area contributed by atoms with Gasteiger partial charge in [-0.3, -0.25) is 4.79 Å². The standard InChI is InChI=1S/C15H20N4O2S/c1-9-12(15(21-4)18(3)17-9)11-6-5-7-19(11)14(20)13-10(2)16-8-22-13/h8,11H,5-7H2,1-4H3/t11-/m1/s1. The maximum absolute atomic E-state index is 12.9. The van der Waals surface area contributed by atoms with E-state index in [-0.39, 0.29) is 11.9 Å². The highest BCUT2D eigenvalue weighted by molar-refractivity contribution is 7.11. The van der Waals surface area contributed by atoms with E-state index in [0.717, 1.165) is 47.1 Å². The molecule has 0 aliphatic carbocycles. The van der Waals surface area contributed by atoms with Crippen molar-refractivity contribution in [3.05, 3.63) is 27.3 Å². The fourth-order valence-electron chi connectivity index (χ4n) is 3.23. The summed E-state index contributed by atoms with van der Waals surface area (Å²) < 4.78 is 7.24. The third-order valence-electron chi connectivity index (χ3n) is 4.19. The Hall–Kier alpha value is -1.89. The molecule has 1 fully saturated rings. The van der Waals surface area contributed by atoms with Crippen molar-refractivity contribution >= 4 is 17.2 Å². The SMILES string of the molecule is COc1c([C@H]2CCCN2C(=O)c2scnc2C)c(C)nn1C. The maximum atomic E-state index is 12.9. The Bertz CT molecular complexity index is 706. The summed E-state index contributed by atoms with van der Waals surface area (Å²) in [4.78, 5) is 19.7. The van der Waals surface area contributed by atoms with E-state index in [2.05, 4.69) is 10.1 Å². The molecule has 1 aliphatic rings. The zero-order chi connectivity index (χ0) is 15.9. The van der Waals surface area contributed by atoms with Gasteiger partial charge >= 0.3 is 0 Å². The number of aromatic nitrogens is 3. The first kappa shape index (κ1) is 15.0. The lowest BCUT2D eigenvalue weighted by atomic mass is 10.0. The van der Waals surface area contributed by atoms with Gasteiger partial charge in [0.25, 0.3) is 5.91 Å². The first-order valence-electron chi connectivity index (χ1n) is 7.33. The highest BCUT2D eigenvalue weighted by atomic mass is 32.1. The van der Waals surface area contributed by atoms with Gasteiger partial charge in [-0.15, -0.1) is 11.3 Å². The molecule has 7 heteroatoms. The van der Waals surface area contributed by atoms with Crippen LogP contribution in [-0.4, -0.2) is 39.2 Å². The van der Waals surface area contributed by atoms with Crippen molar-refractivity contribution in [3.63, 3.8) is 0 Å². The fourth-order valence-corrected chi connectivity index (χ4v) is 3.98. The Kier molecular flexibility index (Phi) is 3.90. The Morgan fingerprint density at radius 3 is 2.82 bits per heavy atom. The van der Waals surface area contributed by atoms with E-state index in [1.54, 1.807) is 17.3 Å². The van der Waals surface area contributed by atoms with Crippen LogP contribution in [0.4, 0.5) is 0 Å². The molecule has 22 heavy (non-hydrogen) atoms. The molecular weight excluding hydrogens is 300 g/mol. The van der Waals surface area contributed by atoms with Gasteiger partial charge in [0.2, 0.25) is 5.88 Å². The number of carbonyl (C=O) groups is 1. The predicted octanol–water partition coefficient (Wildman–Crippen LogP) is 2.48. The molecule has 1 saturated heterocycles. The zero-order valence-electron chi connectivity index (χ0n) is 13.3. The zero-order valence-corrected chi connectivity index (χ0v) is 14.1. The van der Waals surface area contributed by atoms with Crippen LogP contribution in [0.15, 0.2) is 5.51 Å². The van der Waals surface area contributed by atoms with Gasteiger partial charge in [0.05, 0.1) is 35.6 Å². The highest BCUT2D eigenvalue weighted by Crippen LogP contribution is 2.39. The van der Waals surface area contributed by atoms with Crippen LogP contribution in [0.5, 0.6) is 5.88 Å². The van der Waals surface area contributed by atoms with Crippen molar-refractivity contribution in [2.24, 2.45) is 7.05 Å². The van der Waals surface area contributed by atoms with Crippen molar-refractivity contribution in [2.75, 3.05) is 13.7 Å². The van der Waals surface area contributed by atoms with Crippen molar-refractivity contribution in [1.29, 1.82) is 0 Å². The van der Waals surface area contributed by atoms with Crippen molar-refractivity contribution < 1.29 is 9.53 Å². The van der Waals surface area contributed by atoms with Crippen LogP contribution >= 0.6 is 11.3 Å². The van der Waals surface area contributed by atoms with Crippen LogP contribution in [0, 0.1) is 13.8 Å². The molecule has 0 N–H and O–H groups in total. The van der Waals surface area contributed by atoms with Gasteiger partial charge in [0.1, 0.15) is 4.88 Å². The smallest absolute Gasteiger partial charge is 0.266 e. The molecule has 2 aromatic rings. The number of thiazole rings is 1. The average Bonchev–Trinajstić information content (AvgIpc) is 3.16. The van der Waals surface area contributed by atoms with Crippen molar-refractivity contribution in [3.8, 4) is 5.88 Å². The molecule has 0 bridgehead atoms. The van der Waals surface area contributed by atoms with Crippen LogP contribution < -0.4 is 4.74 Å². The van der Waals surface area contributed by atoms with Crippen LogP contribution in [0.1, 0.15) is 45.5 Å². The first-order chi connectivity index (χ1) is 10.5. The summed E-state index contributed by atoms with van der Waals surface area (Å²) in [6.45, 7) is 4.61. The minimum atomic E-state index is 0.0256. The molecule has 1 atom stereocenters. The molecule has 2 aromatic heterocycles. The fraction of sp³-hybridized carbons (Fsp3) is 0.533. The lowest BCUT2D eigenvalue weighted by molar-refractivity contribution is 0.0737. The minimum Gasteiger partial charge on any atom is -0.481 e. The van der Waals surface area contributed by atoms with E-state index in [1.165, 1.54) is 11.3 Å². The number of likely N-dealkylation sites (tertiary alicyclic amines) is 1. The average molecular weight is 320 g/mol.